The molecule has 0 radical (unpaired) electrons. The third-order valence-corrected chi connectivity index (χ3v) is 4.02. The minimum atomic E-state index is 0.522. The van der Waals surface area contributed by atoms with E-state index in [-0.39, 0.29) is 0 Å². The molecule has 0 aromatic carbocycles. The van der Waals surface area contributed by atoms with Gasteiger partial charge in [-0.15, -0.1) is 0 Å². The maximum Gasteiger partial charge on any atom is 0.237 e. The highest BCUT2D eigenvalue weighted by atomic mass is 32.2. The van der Waals surface area contributed by atoms with Crippen molar-refractivity contribution in [3.63, 3.8) is 0 Å². The Kier molecular flexibility index (Phi) is 3.36. The van der Waals surface area contributed by atoms with Gasteiger partial charge in [0.2, 0.25) is 5.88 Å². The Morgan fingerprint density at radius 2 is 2.33 bits per heavy atom. The van der Waals surface area contributed by atoms with Crippen LogP contribution in [0.3, 0.4) is 0 Å². The fourth-order valence-electron chi connectivity index (χ4n) is 1.78. The summed E-state index contributed by atoms with van der Waals surface area (Å²) in [5, 5.41) is 0.522. The van der Waals surface area contributed by atoms with Crippen LogP contribution in [0.1, 0.15) is 30.2 Å². The van der Waals surface area contributed by atoms with E-state index in [9.17, 15) is 0 Å². The number of thioether (sulfide) groups is 1. The van der Waals surface area contributed by atoms with Crippen molar-refractivity contribution in [3.8, 4) is 5.88 Å². The number of rotatable bonds is 2. The number of anilines is 1. The summed E-state index contributed by atoms with van der Waals surface area (Å²) in [5.74, 6) is 1.79. The van der Waals surface area contributed by atoms with Crippen molar-refractivity contribution in [1.82, 2.24) is 4.98 Å². The van der Waals surface area contributed by atoms with Crippen molar-refractivity contribution in [2.24, 2.45) is 0 Å². The summed E-state index contributed by atoms with van der Waals surface area (Å²) >= 11 is 1.98. The number of pyridine rings is 1. The van der Waals surface area contributed by atoms with Crippen molar-refractivity contribution in [3.05, 3.63) is 17.8 Å². The lowest BCUT2D eigenvalue weighted by atomic mass is 10.1. The Morgan fingerprint density at radius 3 is 3.00 bits per heavy atom. The normalized spacial score (nSPS) is 21.3. The van der Waals surface area contributed by atoms with Crippen molar-refractivity contribution in [1.29, 1.82) is 0 Å². The van der Waals surface area contributed by atoms with E-state index in [2.05, 4.69) is 4.98 Å². The molecule has 0 amide bonds. The van der Waals surface area contributed by atoms with E-state index in [1.807, 2.05) is 23.9 Å². The predicted molar refractivity (Wildman–Crippen MR) is 64.3 cm³/mol. The molecule has 2 rings (SSSR count). The molecule has 1 aromatic rings. The van der Waals surface area contributed by atoms with Gasteiger partial charge in [-0.1, -0.05) is 6.42 Å². The van der Waals surface area contributed by atoms with Gasteiger partial charge in [-0.25, -0.2) is 4.98 Å². The molecule has 1 fully saturated rings. The Hall–Kier alpha value is -0.900. The molecule has 3 nitrogen and oxygen atoms in total. The van der Waals surface area contributed by atoms with Gasteiger partial charge in [-0.3, -0.25) is 0 Å². The topological polar surface area (TPSA) is 48.1 Å². The van der Waals surface area contributed by atoms with E-state index < -0.39 is 0 Å². The van der Waals surface area contributed by atoms with E-state index in [4.69, 9.17) is 10.5 Å². The number of methoxy groups -OCH3 is 1. The number of nitrogens with zero attached hydrogens (tertiary/aromatic N) is 1. The molecule has 0 bridgehead atoms. The second-order valence-corrected chi connectivity index (χ2v) is 5.00. The summed E-state index contributed by atoms with van der Waals surface area (Å²) in [6, 6.07) is 3.90. The van der Waals surface area contributed by atoms with Crippen molar-refractivity contribution >= 4 is 17.4 Å². The van der Waals surface area contributed by atoms with Gasteiger partial charge in [0.1, 0.15) is 0 Å². The van der Waals surface area contributed by atoms with Crippen LogP contribution >= 0.6 is 11.8 Å². The summed E-state index contributed by atoms with van der Waals surface area (Å²) in [7, 11) is 1.61. The number of hydrogen-bond acceptors (Lipinski definition) is 4. The molecule has 1 aliphatic rings. The first-order chi connectivity index (χ1) is 7.31. The minimum absolute atomic E-state index is 0.522. The quantitative estimate of drug-likeness (QED) is 0.839. The molecule has 1 saturated heterocycles. The number of aromatic nitrogens is 1. The summed E-state index contributed by atoms with van der Waals surface area (Å²) in [4.78, 5) is 4.45. The molecular weight excluding hydrogens is 208 g/mol. The standard InChI is InChI=1S/C11H16N2OS/c1-14-11-8(12)5-6-9(13-11)10-4-2-3-7-15-10/h5-6,10H,2-4,7,12H2,1H3. The van der Waals surface area contributed by atoms with Crippen LogP contribution in [0.4, 0.5) is 5.69 Å². The lowest BCUT2D eigenvalue weighted by Crippen LogP contribution is -2.06. The maximum atomic E-state index is 5.74. The number of ether oxygens (including phenoxy) is 1. The monoisotopic (exact) mass is 224 g/mol. The number of nitrogens with two attached hydrogens (primary N) is 1. The zero-order valence-electron chi connectivity index (χ0n) is 8.90. The molecule has 82 valence electrons. The van der Waals surface area contributed by atoms with Gasteiger partial charge in [0, 0.05) is 5.25 Å². The third-order valence-electron chi connectivity index (χ3n) is 2.61. The Balaban J connectivity index is 2.20. The molecule has 2 N–H and O–H groups in total. The van der Waals surface area contributed by atoms with Gasteiger partial charge in [0.15, 0.2) is 0 Å². The van der Waals surface area contributed by atoms with Gasteiger partial charge < -0.3 is 10.5 Å². The zero-order valence-corrected chi connectivity index (χ0v) is 9.72. The first kappa shape index (κ1) is 10.6. The van der Waals surface area contributed by atoms with Crippen LogP contribution < -0.4 is 10.5 Å². The fourth-order valence-corrected chi connectivity index (χ4v) is 3.07. The van der Waals surface area contributed by atoms with Crippen LogP contribution in [-0.4, -0.2) is 17.8 Å². The zero-order chi connectivity index (χ0) is 10.7. The van der Waals surface area contributed by atoms with Gasteiger partial charge in [-0.2, -0.15) is 11.8 Å². The van der Waals surface area contributed by atoms with Gasteiger partial charge in [0.25, 0.3) is 0 Å². The highest BCUT2D eigenvalue weighted by Crippen LogP contribution is 2.38. The van der Waals surface area contributed by atoms with Crippen LogP contribution in [0.2, 0.25) is 0 Å². The largest absolute Gasteiger partial charge is 0.480 e. The molecular formula is C11H16N2OS. The highest BCUT2D eigenvalue weighted by molar-refractivity contribution is 7.99. The molecule has 1 atom stereocenters. The van der Waals surface area contributed by atoms with Gasteiger partial charge >= 0.3 is 0 Å². The van der Waals surface area contributed by atoms with E-state index in [0.29, 0.717) is 16.8 Å². The first-order valence-electron chi connectivity index (χ1n) is 5.23. The molecule has 15 heavy (non-hydrogen) atoms. The smallest absolute Gasteiger partial charge is 0.237 e. The maximum absolute atomic E-state index is 5.74. The van der Waals surface area contributed by atoms with Gasteiger partial charge in [0.05, 0.1) is 18.5 Å². The van der Waals surface area contributed by atoms with E-state index in [1.54, 1.807) is 7.11 Å². The van der Waals surface area contributed by atoms with Crippen molar-refractivity contribution in [2.75, 3.05) is 18.6 Å². The summed E-state index contributed by atoms with van der Waals surface area (Å²) in [6.07, 6.45) is 3.84. The van der Waals surface area contributed by atoms with Crippen LogP contribution in [-0.2, 0) is 0 Å². The van der Waals surface area contributed by atoms with Crippen molar-refractivity contribution in [2.45, 2.75) is 24.5 Å². The predicted octanol–water partition coefficient (Wildman–Crippen LogP) is 2.63. The van der Waals surface area contributed by atoms with Crippen LogP contribution in [0.5, 0.6) is 5.88 Å². The fraction of sp³-hybridized carbons (Fsp3) is 0.545. The van der Waals surface area contributed by atoms with Crippen LogP contribution in [0.25, 0.3) is 0 Å². The van der Waals surface area contributed by atoms with E-state index >= 15 is 0 Å². The Bertz CT molecular complexity index is 337. The lowest BCUT2D eigenvalue weighted by Gasteiger charge is -2.21. The van der Waals surface area contributed by atoms with Gasteiger partial charge in [-0.05, 0) is 30.7 Å². The summed E-state index contributed by atoms with van der Waals surface area (Å²) in [5.41, 5.74) is 7.45. The first-order valence-corrected chi connectivity index (χ1v) is 6.28. The molecule has 1 aliphatic heterocycles. The van der Waals surface area contributed by atoms with Crippen molar-refractivity contribution < 1.29 is 4.74 Å². The van der Waals surface area contributed by atoms with E-state index in [1.165, 1.54) is 25.0 Å². The molecule has 0 saturated carbocycles. The highest BCUT2D eigenvalue weighted by Gasteiger charge is 2.18. The molecule has 2 heterocycles. The Morgan fingerprint density at radius 1 is 1.47 bits per heavy atom. The van der Waals surface area contributed by atoms with Crippen LogP contribution in [0.15, 0.2) is 12.1 Å². The average molecular weight is 224 g/mol. The molecule has 1 aromatic heterocycles. The molecule has 4 heteroatoms. The Labute approximate surface area is 94.4 Å². The van der Waals surface area contributed by atoms with Crippen LogP contribution in [0, 0.1) is 0 Å². The lowest BCUT2D eigenvalue weighted by molar-refractivity contribution is 0.398. The molecule has 1 unspecified atom stereocenters. The van der Waals surface area contributed by atoms with E-state index in [0.717, 1.165) is 5.69 Å². The molecule has 0 spiro atoms. The SMILES string of the molecule is COc1nc(C2CCCCS2)ccc1N. The number of nitrogen functional groups attached to an aromatic ring is 1. The summed E-state index contributed by atoms with van der Waals surface area (Å²) < 4.78 is 5.13. The average Bonchev–Trinajstić information content (AvgIpc) is 2.31. The number of hydrogen-bond donors (Lipinski definition) is 1. The second kappa shape index (κ2) is 4.75. The summed E-state index contributed by atoms with van der Waals surface area (Å²) in [6.45, 7) is 0. The second-order valence-electron chi connectivity index (χ2n) is 3.69. The third kappa shape index (κ3) is 2.37. The molecule has 0 aliphatic carbocycles. The minimum Gasteiger partial charge on any atom is -0.480 e.